The van der Waals surface area contributed by atoms with E-state index in [9.17, 15) is 5.11 Å². The van der Waals surface area contributed by atoms with E-state index in [1.54, 1.807) is 6.21 Å². The summed E-state index contributed by atoms with van der Waals surface area (Å²) in [6.07, 6.45) is 1.75. The van der Waals surface area contributed by atoms with Crippen LogP contribution in [0.15, 0.2) is 59.6 Å². The van der Waals surface area contributed by atoms with Gasteiger partial charge in [-0.3, -0.25) is 4.99 Å². The Morgan fingerprint density at radius 2 is 1.72 bits per heavy atom. The van der Waals surface area contributed by atoms with Crippen molar-refractivity contribution in [2.75, 3.05) is 6.61 Å². The second-order valence-electron chi connectivity index (χ2n) is 3.94. The lowest BCUT2D eigenvalue weighted by Gasteiger charge is -2.08. The van der Waals surface area contributed by atoms with Gasteiger partial charge in [0.15, 0.2) is 0 Å². The van der Waals surface area contributed by atoms with Crippen LogP contribution in [-0.4, -0.2) is 17.9 Å². The molecule has 3 heteroatoms. The Hall–Kier alpha value is -1.64. The van der Waals surface area contributed by atoms with Gasteiger partial charge in [-0.2, -0.15) is 0 Å². The van der Waals surface area contributed by atoms with Crippen LogP contribution in [0.2, 0.25) is 5.02 Å². The molecule has 0 aliphatic rings. The molecular formula is C15H14ClNO. The minimum Gasteiger partial charge on any atom is -0.394 e. The maximum atomic E-state index is 9.37. The molecule has 2 aromatic carbocycles. The molecule has 0 aliphatic carbocycles. The highest BCUT2D eigenvalue weighted by atomic mass is 35.5. The lowest BCUT2D eigenvalue weighted by Crippen LogP contribution is -2.01. The van der Waals surface area contributed by atoms with Crippen molar-refractivity contribution >= 4 is 17.8 Å². The van der Waals surface area contributed by atoms with Crippen LogP contribution in [0.25, 0.3) is 0 Å². The van der Waals surface area contributed by atoms with Gasteiger partial charge in [-0.15, -0.1) is 0 Å². The first-order valence-electron chi connectivity index (χ1n) is 5.74. The van der Waals surface area contributed by atoms with Crippen LogP contribution in [0.4, 0.5) is 0 Å². The average molecular weight is 260 g/mol. The molecule has 92 valence electrons. The van der Waals surface area contributed by atoms with Gasteiger partial charge in [0.1, 0.15) is 0 Å². The second-order valence-corrected chi connectivity index (χ2v) is 4.38. The van der Waals surface area contributed by atoms with Gasteiger partial charge in [0.05, 0.1) is 12.6 Å². The Balaban J connectivity index is 2.13. The van der Waals surface area contributed by atoms with E-state index in [-0.39, 0.29) is 12.6 Å². The summed E-state index contributed by atoms with van der Waals surface area (Å²) in [5, 5.41) is 10.1. The van der Waals surface area contributed by atoms with Crippen LogP contribution < -0.4 is 0 Å². The SMILES string of the molecule is OC[C@@H](N=Cc1ccc(Cl)cc1)c1ccccc1. The molecule has 18 heavy (non-hydrogen) atoms. The fraction of sp³-hybridized carbons (Fsp3) is 0.133. The second kappa shape index (κ2) is 6.34. The average Bonchev–Trinajstić information content (AvgIpc) is 2.43. The highest BCUT2D eigenvalue weighted by molar-refractivity contribution is 6.30. The minimum absolute atomic E-state index is 0.00585. The Morgan fingerprint density at radius 3 is 2.33 bits per heavy atom. The highest BCUT2D eigenvalue weighted by Crippen LogP contribution is 2.16. The van der Waals surface area contributed by atoms with Crippen molar-refractivity contribution in [2.24, 2.45) is 4.99 Å². The molecule has 1 N–H and O–H groups in total. The van der Waals surface area contributed by atoms with E-state index >= 15 is 0 Å². The summed E-state index contributed by atoms with van der Waals surface area (Å²) in [6, 6.07) is 16.9. The number of nitrogens with zero attached hydrogens (tertiary/aromatic N) is 1. The first-order valence-corrected chi connectivity index (χ1v) is 6.12. The van der Waals surface area contributed by atoms with Crippen molar-refractivity contribution in [1.82, 2.24) is 0 Å². The molecule has 0 aromatic heterocycles. The molecule has 2 aromatic rings. The van der Waals surface area contributed by atoms with Gasteiger partial charge in [0.25, 0.3) is 0 Å². The van der Waals surface area contributed by atoms with Crippen LogP contribution in [0.3, 0.4) is 0 Å². The summed E-state index contributed by atoms with van der Waals surface area (Å²) in [5.41, 5.74) is 1.97. The van der Waals surface area contributed by atoms with E-state index in [0.717, 1.165) is 11.1 Å². The predicted molar refractivity (Wildman–Crippen MR) is 75.3 cm³/mol. The van der Waals surface area contributed by atoms with E-state index in [1.165, 1.54) is 0 Å². The maximum absolute atomic E-state index is 9.37. The van der Waals surface area contributed by atoms with Gasteiger partial charge in [-0.05, 0) is 23.3 Å². The number of aliphatic hydroxyl groups is 1. The zero-order valence-corrected chi connectivity index (χ0v) is 10.6. The van der Waals surface area contributed by atoms with Crippen LogP contribution >= 0.6 is 11.6 Å². The summed E-state index contributed by atoms with van der Waals surface area (Å²) in [5.74, 6) is 0. The molecule has 2 nitrogen and oxygen atoms in total. The van der Waals surface area contributed by atoms with E-state index < -0.39 is 0 Å². The molecule has 0 fully saturated rings. The maximum Gasteiger partial charge on any atom is 0.0979 e. The monoisotopic (exact) mass is 259 g/mol. The summed E-state index contributed by atoms with van der Waals surface area (Å²) in [4.78, 5) is 4.39. The van der Waals surface area contributed by atoms with Gasteiger partial charge in [0.2, 0.25) is 0 Å². The van der Waals surface area contributed by atoms with Gasteiger partial charge < -0.3 is 5.11 Å². The normalized spacial score (nSPS) is 12.8. The van der Waals surface area contributed by atoms with E-state index in [4.69, 9.17) is 11.6 Å². The van der Waals surface area contributed by atoms with E-state index in [0.29, 0.717) is 5.02 Å². The number of aliphatic imine (C=N–C) groups is 1. The van der Waals surface area contributed by atoms with E-state index in [2.05, 4.69) is 4.99 Å². The molecule has 0 bridgehead atoms. The van der Waals surface area contributed by atoms with Crippen molar-refractivity contribution in [3.8, 4) is 0 Å². The Labute approximate surface area is 112 Å². The van der Waals surface area contributed by atoms with Gasteiger partial charge in [-0.25, -0.2) is 0 Å². The molecule has 0 spiro atoms. The summed E-state index contributed by atoms with van der Waals surface area (Å²) in [6.45, 7) is -0.00585. The number of hydrogen-bond acceptors (Lipinski definition) is 2. The molecule has 0 saturated carbocycles. The highest BCUT2D eigenvalue weighted by Gasteiger charge is 2.06. The number of halogens is 1. The first-order chi connectivity index (χ1) is 8.79. The zero-order chi connectivity index (χ0) is 12.8. The third-order valence-electron chi connectivity index (χ3n) is 2.63. The molecule has 0 heterocycles. The van der Waals surface area contributed by atoms with Crippen LogP contribution in [0.1, 0.15) is 17.2 Å². The predicted octanol–water partition coefficient (Wildman–Crippen LogP) is 3.49. The molecule has 0 amide bonds. The summed E-state index contributed by atoms with van der Waals surface area (Å²) >= 11 is 5.81. The Bertz CT molecular complexity index is 508. The largest absolute Gasteiger partial charge is 0.394 e. The lowest BCUT2D eigenvalue weighted by atomic mass is 10.1. The quantitative estimate of drug-likeness (QED) is 0.838. The van der Waals surface area contributed by atoms with Crippen molar-refractivity contribution in [1.29, 1.82) is 0 Å². The lowest BCUT2D eigenvalue weighted by molar-refractivity contribution is 0.269. The smallest absolute Gasteiger partial charge is 0.0979 e. The van der Waals surface area contributed by atoms with Crippen molar-refractivity contribution in [3.05, 3.63) is 70.7 Å². The molecule has 0 radical (unpaired) electrons. The Kier molecular flexibility index (Phi) is 4.51. The number of benzene rings is 2. The molecule has 0 saturated heterocycles. The van der Waals surface area contributed by atoms with Crippen LogP contribution in [0.5, 0.6) is 0 Å². The standard InChI is InChI=1S/C15H14ClNO/c16-14-8-6-12(7-9-14)10-17-15(11-18)13-4-2-1-3-5-13/h1-10,15,18H,11H2/t15-/m1/s1. The minimum atomic E-state index is -0.220. The molecule has 0 unspecified atom stereocenters. The van der Waals surface area contributed by atoms with Crippen molar-refractivity contribution in [3.63, 3.8) is 0 Å². The van der Waals surface area contributed by atoms with Crippen LogP contribution in [-0.2, 0) is 0 Å². The zero-order valence-electron chi connectivity index (χ0n) is 9.83. The van der Waals surface area contributed by atoms with Gasteiger partial charge in [-0.1, -0.05) is 54.1 Å². The van der Waals surface area contributed by atoms with Gasteiger partial charge >= 0.3 is 0 Å². The topological polar surface area (TPSA) is 32.6 Å². The van der Waals surface area contributed by atoms with Gasteiger partial charge in [0, 0.05) is 11.2 Å². The molecule has 1 atom stereocenters. The molecular weight excluding hydrogens is 246 g/mol. The Morgan fingerprint density at radius 1 is 1.06 bits per heavy atom. The molecule has 0 aliphatic heterocycles. The number of hydrogen-bond donors (Lipinski definition) is 1. The van der Waals surface area contributed by atoms with Crippen molar-refractivity contribution < 1.29 is 5.11 Å². The third kappa shape index (κ3) is 3.42. The molecule has 2 rings (SSSR count). The summed E-state index contributed by atoms with van der Waals surface area (Å²) < 4.78 is 0. The van der Waals surface area contributed by atoms with E-state index in [1.807, 2.05) is 54.6 Å². The van der Waals surface area contributed by atoms with Crippen LogP contribution in [0, 0.1) is 0 Å². The fourth-order valence-electron chi connectivity index (χ4n) is 1.64. The fourth-order valence-corrected chi connectivity index (χ4v) is 1.76. The van der Waals surface area contributed by atoms with Crippen molar-refractivity contribution in [2.45, 2.75) is 6.04 Å². The number of aliphatic hydroxyl groups excluding tert-OH is 1. The summed E-state index contributed by atoms with van der Waals surface area (Å²) in [7, 11) is 0. The first kappa shape index (κ1) is 12.8. The number of rotatable bonds is 4. The third-order valence-corrected chi connectivity index (χ3v) is 2.88.